The lowest BCUT2D eigenvalue weighted by molar-refractivity contribution is 0.595. The molecular formula is C18H12FN3O2S2. The summed E-state index contributed by atoms with van der Waals surface area (Å²) >= 11 is 1.47. The van der Waals surface area contributed by atoms with Crippen LogP contribution in [-0.2, 0) is 10.0 Å². The number of nitrogens with one attached hydrogen (secondary N) is 1. The molecule has 2 aromatic heterocycles. The molecule has 0 saturated heterocycles. The van der Waals surface area contributed by atoms with Crippen LogP contribution in [0.4, 0.5) is 10.1 Å². The Hall–Kier alpha value is -2.84. The number of fused-ring (bicyclic) bond motifs is 1. The fraction of sp³-hybridized carbons (Fsp3) is 0. The van der Waals surface area contributed by atoms with E-state index in [1.807, 2.05) is 12.1 Å². The minimum Gasteiger partial charge on any atom is -0.280 e. The highest BCUT2D eigenvalue weighted by Crippen LogP contribution is 2.29. The molecule has 4 rings (SSSR count). The van der Waals surface area contributed by atoms with Crippen LogP contribution >= 0.6 is 11.3 Å². The van der Waals surface area contributed by atoms with Gasteiger partial charge in [0.15, 0.2) is 0 Å². The van der Waals surface area contributed by atoms with E-state index in [1.165, 1.54) is 29.5 Å². The summed E-state index contributed by atoms with van der Waals surface area (Å²) in [5, 5.41) is 0.804. The van der Waals surface area contributed by atoms with Gasteiger partial charge in [0, 0.05) is 17.4 Å². The van der Waals surface area contributed by atoms with Gasteiger partial charge in [-0.2, -0.15) is 0 Å². The molecule has 0 saturated carbocycles. The molecule has 8 heteroatoms. The molecule has 26 heavy (non-hydrogen) atoms. The first kappa shape index (κ1) is 16.6. The quantitative estimate of drug-likeness (QED) is 0.569. The normalized spacial score (nSPS) is 11.6. The summed E-state index contributed by atoms with van der Waals surface area (Å²) in [5.41, 5.74) is 2.07. The molecule has 0 aliphatic heterocycles. The zero-order valence-electron chi connectivity index (χ0n) is 13.3. The molecule has 0 fully saturated rings. The summed E-state index contributed by atoms with van der Waals surface area (Å²) in [5.74, 6) is -0.604. The summed E-state index contributed by atoms with van der Waals surface area (Å²) in [7, 11) is -3.85. The van der Waals surface area contributed by atoms with Crippen molar-refractivity contribution in [1.29, 1.82) is 0 Å². The second kappa shape index (κ2) is 6.47. The molecular weight excluding hydrogens is 373 g/mol. The Morgan fingerprint density at radius 1 is 1.00 bits per heavy atom. The monoisotopic (exact) mass is 385 g/mol. The number of aromatic nitrogens is 2. The Bertz CT molecular complexity index is 1160. The van der Waals surface area contributed by atoms with E-state index in [4.69, 9.17) is 0 Å². The first-order chi connectivity index (χ1) is 12.5. The van der Waals surface area contributed by atoms with Crippen LogP contribution in [0.25, 0.3) is 20.9 Å². The van der Waals surface area contributed by atoms with Crippen LogP contribution in [0.2, 0.25) is 0 Å². The highest BCUT2D eigenvalue weighted by molar-refractivity contribution is 7.92. The SMILES string of the molecule is O=S(=O)(Nc1ccc(-c2nc3cccnc3s2)cc1)c1cccc(F)c1. The number of pyridine rings is 1. The zero-order valence-corrected chi connectivity index (χ0v) is 14.9. The number of thiazole rings is 1. The van der Waals surface area contributed by atoms with Crippen LogP contribution in [0.1, 0.15) is 0 Å². The third kappa shape index (κ3) is 3.29. The molecule has 4 aromatic rings. The number of nitrogens with zero attached hydrogens (tertiary/aromatic N) is 2. The smallest absolute Gasteiger partial charge is 0.261 e. The highest BCUT2D eigenvalue weighted by atomic mass is 32.2. The molecule has 0 aliphatic rings. The van der Waals surface area contributed by atoms with Gasteiger partial charge in [0.25, 0.3) is 10.0 Å². The maximum absolute atomic E-state index is 13.3. The average molecular weight is 385 g/mol. The highest BCUT2D eigenvalue weighted by Gasteiger charge is 2.15. The van der Waals surface area contributed by atoms with Gasteiger partial charge in [-0.05, 0) is 54.6 Å². The van der Waals surface area contributed by atoms with Gasteiger partial charge in [-0.1, -0.05) is 17.4 Å². The Morgan fingerprint density at radius 3 is 2.54 bits per heavy atom. The molecule has 0 atom stereocenters. The van der Waals surface area contributed by atoms with E-state index in [1.54, 1.807) is 30.5 Å². The van der Waals surface area contributed by atoms with Gasteiger partial charge < -0.3 is 0 Å². The third-order valence-corrected chi connectivity index (χ3v) is 6.06. The lowest BCUT2D eigenvalue weighted by Crippen LogP contribution is -2.13. The molecule has 2 heterocycles. The van der Waals surface area contributed by atoms with Gasteiger partial charge in [0.1, 0.15) is 21.2 Å². The first-order valence-corrected chi connectivity index (χ1v) is 9.92. The molecule has 2 aromatic carbocycles. The fourth-order valence-electron chi connectivity index (χ4n) is 2.42. The average Bonchev–Trinajstić information content (AvgIpc) is 3.06. The van der Waals surface area contributed by atoms with Gasteiger partial charge >= 0.3 is 0 Å². The van der Waals surface area contributed by atoms with Crippen molar-refractivity contribution in [2.45, 2.75) is 4.90 Å². The minimum absolute atomic E-state index is 0.126. The van der Waals surface area contributed by atoms with E-state index in [2.05, 4.69) is 14.7 Å². The molecule has 0 radical (unpaired) electrons. The van der Waals surface area contributed by atoms with E-state index < -0.39 is 15.8 Å². The van der Waals surface area contributed by atoms with Crippen molar-refractivity contribution in [3.8, 4) is 10.6 Å². The van der Waals surface area contributed by atoms with Crippen molar-refractivity contribution in [3.05, 3.63) is 72.7 Å². The second-order valence-electron chi connectivity index (χ2n) is 5.49. The van der Waals surface area contributed by atoms with Crippen LogP contribution in [-0.4, -0.2) is 18.4 Å². The number of hydrogen-bond donors (Lipinski definition) is 1. The number of rotatable bonds is 4. The minimum atomic E-state index is -3.85. The van der Waals surface area contributed by atoms with Gasteiger partial charge in [0.05, 0.1) is 4.90 Å². The maximum Gasteiger partial charge on any atom is 0.261 e. The first-order valence-electron chi connectivity index (χ1n) is 7.62. The molecule has 0 spiro atoms. The van der Waals surface area contributed by atoms with Crippen LogP contribution in [0.15, 0.2) is 71.8 Å². The Labute approximate surface area is 153 Å². The molecule has 5 nitrogen and oxygen atoms in total. The predicted molar refractivity (Wildman–Crippen MR) is 100 cm³/mol. The lowest BCUT2D eigenvalue weighted by atomic mass is 10.2. The van der Waals surface area contributed by atoms with E-state index in [-0.39, 0.29) is 4.90 Å². The predicted octanol–water partition coefficient (Wildman–Crippen LogP) is 4.30. The molecule has 1 N–H and O–H groups in total. The second-order valence-corrected chi connectivity index (χ2v) is 8.15. The maximum atomic E-state index is 13.3. The standard InChI is InChI=1S/C18H12FN3O2S2/c19-13-3-1-4-15(11-13)26(23,24)22-14-8-6-12(7-9-14)17-21-16-5-2-10-20-18(16)25-17/h1-11,22H. The van der Waals surface area contributed by atoms with E-state index >= 15 is 0 Å². The van der Waals surface area contributed by atoms with Gasteiger partial charge in [-0.3, -0.25) is 4.72 Å². The Morgan fingerprint density at radius 2 is 1.81 bits per heavy atom. The molecule has 0 unspecified atom stereocenters. The molecule has 0 amide bonds. The summed E-state index contributed by atoms with van der Waals surface area (Å²) in [6, 6.07) is 15.4. The van der Waals surface area contributed by atoms with Crippen LogP contribution in [0, 0.1) is 5.82 Å². The Balaban J connectivity index is 1.59. The van der Waals surface area contributed by atoms with Crippen LogP contribution in [0.3, 0.4) is 0 Å². The molecule has 130 valence electrons. The number of hydrogen-bond acceptors (Lipinski definition) is 5. The number of sulfonamides is 1. The van der Waals surface area contributed by atoms with Crippen LogP contribution < -0.4 is 4.72 Å². The van der Waals surface area contributed by atoms with Crippen molar-refractivity contribution in [2.24, 2.45) is 0 Å². The number of anilines is 1. The Kier molecular flexibility index (Phi) is 4.14. The van der Waals surface area contributed by atoms with Gasteiger partial charge in [-0.15, -0.1) is 0 Å². The molecule has 0 bridgehead atoms. The number of benzene rings is 2. The van der Waals surface area contributed by atoms with Gasteiger partial charge in [0.2, 0.25) is 0 Å². The topological polar surface area (TPSA) is 72.0 Å². The molecule has 0 aliphatic carbocycles. The van der Waals surface area contributed by atoms with Crippen molar-refractivity contribution in [3.63, 3.8) is 0 Å². The van der Waals surface area contributed by atoms with Crippen molar-refractivity contribution in [1.82, 2.24) is 9.97 Å². The van der Waals surface area contributed by atoms with Crippen LogP contribution in [0.5, 0.6) is 0 Å². The largest absolute Gasteiger partial charge is 0.280 e. The summed E-state index contributed by atoms with van der Waals surface area (Å²) in [6.07, 6.45) is 1.72. The summed E-state index contributed by atoms with van der Waals surface area (Å²) < 4.78 is 40.4. The van der Waals surface area contributed by atoms with Crippen molar-refractivity contribution < 1.29 is 12.8 Å². The number of halogens is 1. The van der Waals surface area contributed by atoms with Crippen molar-refractivity contribution in [2.75, 3.05) is 4.72 Å². The van der Waals surface area contributed by atoms with E-state index in [0.717, 1.165) is 27.0 Å². The fourth-order valence-corrected chi connectivity index (χ4v) is 4.42. The van der Waals surface area contributed by atoms with E-state index in [0.29, 0.717) is 5.69 Å². The third-order valence-electron chi connectivity index (χ3n) is 3.66. The zero-order chi connectivity index (χ0) is 18.1. The van der Waals surface area contributed by atoms with Gasteiger partial charge in [-0.25, -0.2) is 22.8 Å². The summed E-state index contributed by atoms with van der Waals surface area (Å²) in [6.45, 7) is 0. The summed E-state index contributed by atoms with van der Waals surface area (Å²) in [4.78, 5) is 9.51. The van der Waals surface area contributed by atoms with Crippen molar-refractivity contribution >= 4 is 37.4 Å². The van der Waals surface area contributed by atoms with E-state index in [9.17, 15) is 12.8 Å². The lowest BCUT2D eigenvalue weighted by Gasteiger charge is -2.08.